The minimum Gasteiger partial charge on any atom is -0.398 e. The van der Waals surface area contributed by atoms with Crippen LogP contribution >= 0.6 is 22.6 Å². The molecule has 1 nitrogen and oxygen atoms in total. The molecule has 0 saturated carbocycles. The largest absolute Gasteiger partial charge is 0.416 e. The van der Waals surface area contributed by atoms with E-state index in [0.717, 1.165) is 0 Å². The van der Waals surface area contributed by atoms with E-state index in [1.54, 1.807) is 22.6 Å². The van der Waals surface area contributed by atoms with Gasteiger partial charge in [-0.05, 0) is 34.7 Å². The molecule has 0 aliphatic rings. The molecule has 0 heterocycles. The lowest BCUT2D eigenvalue weighted by atomic mass is 10.2. The zero-order valence-corrected chi connectivity index (χ0v) is 8.28. The Labute approximate surface area is 85.1 Å². The second-order valence-electron chi connectivity index (χ2n) is 2.36. The van der Waals surface area contributed by atoms with E-state index < -0.39 is 17.6 Å². The smallest absolute Gasteiger partial charge is 0.398 e. The maximum atomic E-state index is 12.8. The number of hydrogen-bond donors (Lipinski definition) is 1. The van der Waals surface area contributed by atoms with Gasteiger partial charge < -0.3 is 5.73 Å². The first-order chi connectivity index (χ1) is 5.82. The summed E-state index contributed by atoms with van der Waals surface area (Å²) in [5, 5.41) is 0. The van der Waals surface area contributed by atoms with E-state index >= 15 is 0 Å². The molecule has 0 aliphatic carbocycles. The van der Waals surface area contributed by atoms with Crippen molar-refractivity contribution in [2.75, 3.05) is 5.73 Å². The Morgan fingerprint density at radius 2 is 1.77 bits per heavy atom. The van der Waals surface area contributed by atoms with Gasteiger partial charge in [-0.3, -0.25) is 0 Å². The molecule has 1 rings (SSSR count). The summed E-state index contributed by atoms with van der Waals surface area (Å²) in [5.74, 6) is -0.951. The molecule has 2 N–H and O–H groups in total. The lowest BCUT2D eigenvalue weighted by molar-refractivity contribution is -0.137. The fourth-order valence-corrected chi connectivity index (χ4v) is 1.09. The van der Waals surface area contributed by atoms with Crippen molar-refractivity contribution in [2.24, 2.45) is 0 Å². The Balaban J connectivity index is 3.29. The zero-order chi connectivity index (χ0) is 10.2. The average Bonchev–Trinajstić information content (AvgIpc) is 1.97. The maximum Gasteiger partial charge on any atom is 0.416 e. The molecule has 6 heteroatoms. The number of alkyl halides is 3. The standard InChI is InChI=1S/C7H4F4IN/c8-4-1-3(7(9,10)11)2-5(13)6(4)12/h1-2H,13H2. The third-order valence-corrected chi connectivity index (χ3v) is 2.52. The van der Waals surface area contributed by atoms with Crippen LogP contribution in [0, 0.1) is 9.39 Å². The van der Waals surface area contributed by atoms with Crippen LogP contribution in [0.1, 0.15) is 5.56 Å². The van der Waals surface area contributed by atoms with Crippen molar-refractivity contribution in [2.45, 2.75) is 6.18 Å². The quantitative estimate of drug-likeness (QED) is 0.445. The van der Waals surface area contributed by atoms with Gasteiger partial charge >= 0.3 is 6.18 Å². The van der Waals surface area contributed by atoms with Crippen LogP contribution in [0.3, 0.4) is 0 Å². The number of anilines is 1. The van der Waals surface area contributed by atoms with Crippen molar-refractivity contribution in [1.29, 1.82) is 0 Å². The topological polar surface area (TPSA) is 26.0 Å². The molecule has 13 heavy (non-hydrogen) atoms. The molecule has 0 bridgehead atoms. The first kappa shape index (κ1) is 10.6. The number of halogens is 5. The predicted octanol–water partition coefficient (Wildman–Crippen LogP) is 3.03. The lowest BCUT2D eigenvalue weighted by Crippen LogP contribution is -2.07. The number of rotatable bonds is 0. The molecule has 0 saturated heterocycles. The second-order valence-corrected chi connectivity index (χ2v) is 3.44. The summed E-state index contributed by atoms with van der Waals surface area (Å²) in [5.41, 5.74) is 3.90. The van der Waals surface area contributed by atoms with Crippen LogP contribution in [0.5, 0.6) is 0 Å². The van der Waals surface area contributed by atoms with Gasteiger partial charge in [0.1, 0.15) is 5.82 Å². The average molecular weight is 305 g/mol. The first-order valence-electron chi connectivity index (χ1n) is 3.14. The Morgan fingerprint density at radius 3 is 2.15 bits per heavy atom. The minimum atomic E-state index is -4.56. The third-order valence-electron chi connectivity index (χ3n) is 1.38. The fraction of sp³-hybridized carbons (Fsp3) is 0.143. The molecule has 0 amide bonds. The van der Waals surface area contributed by atoms with Crippen LogP contribution in [-0.4, -0.2) is 0 Å². The Bertz CT molecular complexity index is 311. The molecule has 1 aromatic carbocycles. The molecule has 0 atom stereocenters. The summed E-state index contributed by atoms with van der Waals surface area (Å²) in [6.07, 6.45) is -4.56. The molecular weight excluding hydrogens is 301 g/mol. The van der Waals surface area contributed by atoms with Crippen molar-refractivity contribution >= 4 is 28.3 Å². The highest BCUT2D eigenvalue weighted by Crippen LogP contribution is 2.32. The lowest BCUT2D eigenvalue weighted by Gasteiger charge is -2.08. The molecule has 1 aromatic rings. The van der Waals surface area contributed by atoms with Gasteiger partial charge in [0.05, 0.1) is 9.13 Å². The van der Waals surface area contributed by atoms with Crippen LogP contribution in [0.25, 0.3) is 0 Å². The summed E-state index contributed by atoms with van der Waals surface area (Å²) in [6, 6.07) is 1.14. The zero-order valence-electron chi connectivity index (χ0n) is 6.12. The molecule has 0 unspecified atom stereocenters. The van der Waals surface area contributed by atoms with Crippen LogP contribution in [-0.2, 0) is 6.18 Å². The highest BCUT2D eigenvalue weighted by molar-refractivity contribution is 14.1. The van der Waals surface area contributed by atoms with Crippen molar-refractivity contribution in [1.82, 2.24) is 0 Å². The third kappa shape index (κ3) is 2.23. The molecule has 0 aliphatic heterocycles. The molecule has 0 fully saturated rings. The molecule has 0 spiro atoms. The first-order valence-corrected chi connectivity index (χ1v) is 4.22. The molecule has 0 radical (unpaired) electrons. The number of benzene rings is 1. The highest BCUT2D eigenvalue weighted by Gasteiger charge is 2.31. The van der Waals surface area contributed by atoms with Crippen LogP contribution in [0.15, 0.2) is 12.1 Å². The van der Waals surface area contributed by atoms with E-state index in [-0.39, 0.29) is 9.26 Å². The van der Waals surface area contributed by atoms with Crippen molar-refractivity contribution in [3.05, 3.63) is 27.1 Å². The van der Waals surface area contributed by atoms with Gasteiger partial charge in [0, 0.05) is 5.69 Å². The van der Waals surface area contributed by atoms with Gasteiger partial charge in [0.2, 0.25) is 0 Å². The van der Waals surface area contributed by atoms with Gasteiger partial charge in [-0.1, -0.05) is 0 Å². The Hall–Kier alpha value is -0.530. The number of nitrogens with two attached hydrogens (primary N) is 1. The maximum absolute atomic E-state index is 12.8. The summed E-state index contributed by atoms with van der Waals surface area (Å²) in [7, 11) is 0. The monoisotopic (exact) mass is 305 g/mol. The highest BCUT2D eigenvalue weighted by atomic mass is 127. The number of hydrogen-bond acceptors (Lipinski definition) is 1. The van der Waals surface area contributed by atoms with Gasteiger partial charge in [0.25, 0.3) is 0 Å². The summed E-state index contributed by atoms with van der Waals surface area (Å²) < 4.78 is 49.0. The normalized spacial score (nSPS) is 11.8. The van der Waals surface area contributed by atoms with E-state index in [2.05, 4.69) is 0 Å². The van der Waals surface area contributed by atoms with Crippen LogP contribution < -0.4 is 5.73 Å². The summed E-state index contributed by atoms with van der Waals surface area (Å²) >= 11 is 1.55. The van der Waals surface area contributed by atoms with Crippen LogP contribution in [0.4, 0.5) is 23.2 Å². The predicted molar refractivity (Wildman–Crippen MR) is 48.5 cm³/mol. The van der Waals surface area contributed by atoms with E-state index in [0.29, 0.717) is 12.1 Å². The van der Waals surface area contributed by atoms with Gasteiger partial charge in [-0.15, -0.1) is 0 Å². The Kier molecular flexibility index (Phi) is 2.69. The van der Waals surface area contributed by atoms with Crippen molar-refractivity contribution in [3.8, 4) is 0 Å². The van der Waals surface area contributed by atoms with Gasteiger partial charge in [-0.2, -0.15) is 13.2 Å². The minimum absolute atomic E-state index is 0.00519. The summed E-state index contributed by atoms with van der Waals surface area (Å²) in [6.45, 7) is 0. The molecule has 72 valence electrons. The van der Waals surface area contributed by atoms with E-state index in [4.69, 9.17) is 5.73 Å². The van der Waals surface area contributed by atoms with E-state index in [1.165, 1.54) is 0 Å². The van der Waals surface area contributed by atoms with Crippen molar-refractivity contribution in [3.63, 3.8) is 0 Å². The van der Waals surface area contributed by atoms with Gasteiger partial charge in [-0.25, -0.2) is 4.39 Å². The second kappa shape index (κ2) is 3.32. The molecular formula is C7H4F4IN. The number of nitrogen functional groups attached to an aromatic ring is 1. The van der Waals surface area contributed by atoms with Crippen LogP contribution in [0.2, 0.25) is 0 Å². The van der Waals surface area contributed by atoms with Crippen molar-refractivity contribution < 1.29 is 17.6 Å². The molecule has 0 aromatic heterocycles. The van der Waals surface area contributed by atoms with E-state index in [9.17, 15) is 17.6 Å². The van der Waals surface area contributed by atoms with E-state index in [1.807, 2.05) is 0 Å². The summed E-state index contributed by atoms with van der Waals surface area (Å²) in [4.78, 5) is 0. The fourth-order valence-electron chi connectivity index (χ4n) is 0.774. The SMILES string of the molecule is Nc1cc(C(F)(F)F)cc(F)c1I. The Morgan fingerprint density at radius 1 is 1.23 bits per heavy atom. The van der Waals surface area contributed by atoms with Gasteiger partial charge in [0.15, 0.2) is 0 Å².